The average molecular weight is 418 g/mol. The number of H-pyrrole nitrogens is 1. The van der Waals surface area contributed by atoms with E-state index >= 15 is 0 Å². The van der Waals surface area contributed by atoms with Crippen molar-refractivity contribution in [2.24, 2.45) is 5.41 Å². The van der Waals surface area contributed by atoms with Crippen LogP contribution in [-0.4, -0.2) is 25.3 Å². The van der Waals surface area contributed by atoms with Crippen molar-refractivity contribution >= 4 is 5.82 Å². The summed E-state index contributed by atoms with van der Waals surface area (Å²) in [5.74, 6) is 0.481. The molecule has 0 radical (unpaired) electrons. The monoisotopic (exact) mass is 418 g/mol. The number of pyridine rings is 2. The molecular formula is C23H23FN6O. The minimum absolute atomic E-state index is 0.249. The van der Waals surface area contributed by atoms with E-state index in [0.717, 1.165) is 36.2 Å². The van der Waals surface area contributed by atoms with Crippen molar-refractivity contribution in [2.45, 2.75) is 39.7 Å². The van der Waals surface area contributed by atoms with Gasteiger partial charge in [0, 0.05) is 46.9 Å². The van der Waals surface area contributed by atoms with Crippen LogP contribution in [0.5, 0.6) is 0 Å². The summed E-state index contributed by atoms with van der Waals surface area (Å²) in [4.78, 5) is 8.06. The number of halogens is 1. The molecule has 0 fully saturated rings. The first kappa shape index (κ1) is 19.4. The van der Waals surface area contributed by atoms with Gasteiger partial charge in [0.2, 0.25) is 5.95 Å². The highest BCUT2D eigenvalue weighted by atomic mass is 19.1. The van der Waals surface area contributed by atoms with Crippen molar-refractivity contribution in [1.29, 1.82) is 0 Å². The van der Waals surface area contributed by atoms with Gasteiger partial charge >= 0.3 is 0 Å². The summed E-state index contributed by atoms with van der Waals surface area (Å²) < 4.78 is 19.7. The molecule has 0 spiro atoms. The Morgan fingerprint density at radius 3 is 2.97 bits per heavy atom. The molecule has 8 heteroatoms. The van der Waals surface area contributed by atoms with E-state index in [1.165, 1.54) is 11.6 Å². The first-order valence-electron chi connectivity index (χ1n) is 10.3. The van der Waals surface area contributed by atoms with Crippen molar-refractivity contribution < 1.29 is 8.91 Å². The lowest BCUT2D eigenvalue weighted by atomic mass is 9.76. The Hall–Kier alpha value is -3.55. The van der Waals surface area contributed by atoms with Crippen LogP contribution in [0.3, 0.4) is 0 Å². The van der Waals surface area contributed by atoms with E-state index in [1.54, 1.807) is 12.4 Å². The van der Waals surface area contributed by atoms with Crippen LogP contribution in [0.4, 0.5) is 10.2 Å². The van der Waals surface area contributed by atoms with E-state index in [4.69, 9.17) is 4.52 Å². The van der Waals surface area contributed by atoms with Crippen LogP contribution in [0, 0.1) is 11.4 Å². The number of rotatable bonds is 5. The van der Waals surface area contributed by atoms with Gasteiger partial charge in [0.15, 0.2) is 5.76 Å². The van der Waals surface area contributed by atoms with Gasteiger partial charge in [0.05, 0.1) is 12.2 Å². The van der Waals surface area contributed by atoms with Gasteiger partial charge in [-0.25, -0.2) is 4.98 Å². The van der Waals surface area contributed by atoms with Gasteiger partial charge in [-0.05, 0) is 42.9 Å². The first-order valence-corrected chi connectivity index (χ1v) is 10.3. The van der Waals surface area contributed by atoms with Gasteiger partial charge in [0.25, 0.3) is 0 Å². The second-order valence-corrected chi connectivity index (χ2v) is 8.71. The summed E-state index contributed by atoms with van der Waals surface area (Å²) in [6, 6.07) is 8.83. The number of aromatic amines is 1. The maximum atomic E-state index is 14.3. The number of aromatic nitrogens is 5. The molecule has 0 saturated heterocycles. The predicted octanol–water partition coefficient (Wildman–Crippen LogP) is 4.79. The molecule has 5 rings (SSSR count). The van der Waals surface area contributed by atoms with E-state index in [2.05, 4.69) is 44.5 Å². The van der Waals surface area contributed by atoms with Crippen LogP contribution in [-0.2, 0) is 19.4 Å². The third kappa shape index (κ3) is 4.05. The number of anilines is 1. The van der Waals surface area contributed by atoms with Crippen LogP contribution in [0.15, 0.2) is 47.2 Å². The molecule has 7 nitrogen and oxygen atoms in total. The molecule has 1 aliphatic carbocycles. The molecule has 158 valence electrons. The molecule has 0 saturated carbocycles. The van der Waals surface area contributed by atoms with E-state index in [9.17, 15) is 4.39 Å². The number of hydrogen-bond donors (Lipinski definition) is 2. The van der Waals surface area contributed by atoms with E-state index in [-0.39, 0.29) is 5.41 Å². The molecule has 4 aromatic rings. The molecule has 0 aliphatic heterocycles. The Labute approximate surface area is 179 Å². The van der Waals surface area contributed by atoms with Gasteiger partial charge in [-0.1, -0.05) is 19.0 Å². The SMILES string of the molecule is CC1(C)CCc2c(-c3cc(F)nc(NCc4cc(-c5cccnc5)no4)c3)n[nH]c2C1. The van der Waals surface area contributed by atoms with Gasteiger partial charge in [0.1, 0.15) is 11.5 Å². The van der Waals surface area contributed by atoms with Crippen LogP contribution in [0.1, 0.15) is 37.3 Å². The third-order valence-corrected chi connectivity index (χ3v) is 5.69. The second-order valence-electron chi connectivity index (χ2n) is 8.71. The summed E-state index contributed by atoms with van der Waals surface area (Å²) >= 11 is 0. The lowest BCUT2D eigenvalue weighted by Crippen LogP contribution is -2.21. The van der Waals surface area contributed by atoms with Gasteiger partial charge < -0.3 is 9.84 Å². The second kappa shape index (κ2) is 7.61. The zero-order valence-corrected chi connectivity index (χ0v) is 17.4. The average Bonchev–Trinajstić information content (AvgIpc) is 3.38. The van der Waals surface area contributed by atoms with E-state index in [1.807, 2.05) is 24.3 Å². The Bertz CT molecular complexity index is 1210. The summed E-state index contributed by atoms with van der Waals surface area (Å²) in [6.45, 7) is 4.84. The van der Waals surface area contributed by atoms with E-state index < -0.39 is 5.95 Å². The van der Waals surface area contributed by atoms with Crippen molar-refractivity contribution in [3.8, 4) is 22.5 Å². The van der Waals surface area contributed by atoms with Crippen molar-refractivity contribution in [3.63, 3.8) is 0 Å². The Kier molecular flexibility index (Phi) is 4.77. The largest absolute Gasteiger partial charge is 0.363 e. The fourth-order valence-corrected chi connectivity index (χ4v) is 4.03. The molecule has 0 aromatic carbocycles. The molecule has 1 aliphatic rings. The number of fused-ring (bicyclic) bond motifs is 1. The van der Waals surface area contributed by atoms with Crippen LogP contribution >= 0.6 is 0 Å². The molecule has 4 aromatic heterocycles. The van der Waals surface area contributed by atoms with E-state index in [0.29, 0.717) is 29.4 Å². The normalized spacial score (nSPS) is 14.9. The summed E-state index contributed by atoms with van der Waals surface area (Å²) in [5.41, 5.74) is 5.64. The topological polar surface area (TPSA) is 92.5 Å². The third-order valence-electron chi connectivity index (χ3n) is 5.69. The zero-order chi connectivity index (χ0) is 21.4. The van der Waals surface area contributed by atoms with Crippen LogP contribution < -0.4 is 5.32 Å². The highest BCUT2D eigenvalue weighted by molar-refractivity contribution is 5.67. The number of nitrogens with zero attached hydrogens (tertiary/aromatic N) is 4. The fourth-order valence-electron chi connectivity index (χ4n) is 4.03. The molecule has 4 heterocycles. The molecule has 31 heavy (non-hydrogen) atoms. The first-order chi connectivity index (χ1) is 15.0. The minimum atomic E-state index is -0.554. The quantitative estimate of drug-likeness (QED) is 0.453. The van der Waals surface area contributed by atoms with Gasteiger partial charge in [-0.3, -0.25) is 10.1 Å². The molecule has 0 atom stereocenters. The number of nitrogens with one attached hydrogen (secondary N) is 2. The minimum Gasteiger partial charge on any atom is -0.363 e. The van der Waals surface area contributed by atoms with Crippen molar-refractivity contribution in [3.05, 3.63) is 65.7 Å². The Morgan fingerprint density at radius 1 is 1.23 bits per heavy atom. The molecule has 0 amide bonds. The van der Waals surface area contributed by atoms with Crippen molar-refractivity contribution in [2.75, 3.05) is 5.32 Å². The maximum absolute atomic E-state index is 14.3. The lowest BCUT2D eigenvalue weighted by molar-refractivity contribution is 0.312. The smallest absolute Gasteiger partial charge is 0.215 e. The van der Waals surface area contributed by atoms with Crippen LogP contribution in [0.2, 0.25) is 0 Å². The van der Waals surface area contributed by atoms with Gasteiger partial charge in [-0.15, -0.1) is 0 Å². The highest BCUT2D eigenvalue weighted by Crippen LogP contribution is 2.38. The molecule has 2 N–H and O–H groups in total. The maximum Gasteiger partial charge on any atom is 0.215 e. The lowest BCUT2D eigenvalue weighted by Gasteiger charge is -2.29. The standard InChI is InChI=1S/C23H23FN6O/c1-23(2)6-5-17-19(11-23)28-29-22(17)15-8-20(24)27-21(9-15)26-13-16-10-18(30-31-16)14-4-3-7-25-12-14/h3-4,7-10,12H,5-6,11,13H2,1-2H3,(H,26,27)(H,28,29). The zero-order valence-electron chi connectivity index (χ0n) is 17.4. The fraction of sp³-hybridized carbons (Fsp3) is 0.304. The molecule has 0 unspecified atom stereocenters. The van der Waals surface area contributed by atoms with Gasteiger partial charge in [-0.2, -0.15) is 9.49 Å². The highest BCUT2D eigenvalue weighted by Gasteiger charge is 2.29. The summed E-state index contributed by atoms with van der Waals surface area (Å²) in [7, 11) is 0. The van der Waals surface area contributed by atoms with Crippen LogP contribution in [0.25, 0.3) is 22.5 Å². The Balaban J connectivity index is 1.35. The summed E-state index contributed by atoms with van der Waals surface area (Å²) in [6.07, 6.45) is 6.38. The number of hydrogen-bond acceptors (Lipinski definition) is 6. The van der Waals surface area contributed by atoms with Crippen molar-refractivity contribution in [1.82, 2.24) is 25.3 Å². The molecule has 0 bridgehead atoms. The Morgan fingerprint density at radius 2 is 2.13 bits per heavy atom. The summed E-state index contributed by atoms with van der Waals surface area (Å²) in [5, 5.41) is 14.8. The molecular weight excluding hydrogens is 395 g/mol. The predicted molar refractivity (Wildman–Crippen MR) is 115 cm³/mol.